The van der Waals surface area contributed by atoms with Crippen molar-refractivity contribution in [2.75, 3.05) is 32.8 Å². The van der Waals surface area contributed by atoms with Crippen LogP contribution >= 0.6 is 0 Å². The summed E-state index contributed by atoms with van der Waals surface area (Å²) in [6, 6.07) is 11.1. The summed E-state index contributed by atoms with van der Waals surface area (Å²) in [5.74, 6) is 0.801. The lowest BCUT2D eigenvalue weighted by molar-refractivity contribution is 0.0657. The van der Waals surface area contributed by atoms with Gasteiger partial charge in [0.05, 0.1) is 6.04 Å². The second-order valence-electron chi connectivity index (χ2n) is 6.79. The number of aryl methyl sites for hydroxylation is 1. The molecule has 1 aromatic carbocycles. The van der Waals surface area contributed by atoms with Crippen molar-refractivity contribution in [3.05, 3.63) is 53.9 Å². The van der Waals surface area contributed by atoms with Crippen molar-refractivity contribution >= 4 is 11.9 Å². The largest absolute Gasteiger partial charge is 0.491 e. The molecule has 2 heterocycles. The Labute approximate surface area is 159 Å². The molecular formula is C20H26N4O3. The second-order valence-corrected chi connectivity index (χ2v) is 6.79. The fourth-order valence-corrected chi connectivity index (χ4v) is 3.02. The van der Waals surface area contributed by atoms with E-state index in [1.54, 1.807) is 28.1 Å². The van der Waals surface area contributed by atoms with Crippen molar-refractivity contribution in [1.29, 1.82) is 0 Å². The molecule has 0 spiro atoms. The monoisotopic (exact) mass is 370 g/mol. The highest BCUT2D eigenvalue weighted by atomic mass is 16.5. The minimum absolute atomic E-state index is 0.0277. The minimum atomic E-state index is -0.122. The maximum absolute atomic E-state index is 12.4. The van der Waals surface area contributed by atoms with Crippen LogP contribution in [0.2, 0.25) is 0 Å². The fourth-order valence-electron chi connectivity index (χ4n) is 3.02. The zero-order valence-corrected chi connectivity index (χ0v) is 15.8. The molecule has 7 nitrogen and oxygen atoms in total. The van der Waals surface area contributed by atoms with Crippen LogP contribution in [0.5, 0.6) is 5.75 Å². The summed E-state index contributed by atoms with van der Waals surface area (Å²) in [7, 11) is 0. The van der Waals surface area contributed by atoms with Crippen LogP contribution in [-0.2, 0) is 0 Å². The highest BCUT2D eigenvalue weighted by molar-refractivity contribution is 5.92. The van der Waals surface area contributed by atoms with Crippen LogP contribution in [0.1, 0.15) is 23.0 Å². The molecule has 0 aliphatic carbocycles. The van der Waals surface area contributed by atoms with Crippen LogP contribution in [0, 0.1) is 6.92 Å². The molecule has 2 aromatic rings. The summed E-state index contributed by atoms with van der Waals surface area (Å²) in [5, 5.41) is 2.96. The highest BCUT2D eigenvalue weighted by Gasteiger charge is 2.25. The number of nitrogens with zero attached hydrogens (tertiary/aromatic N) is 2. The number of carbonyl (C=O) groups is 2. The summed E-state index contributed by atoms with van der Waals surface area (Å²) in [4.78, 5) is 31.2. The maximum Gasteiger partial charge on any atom is 0.317 e. The van der Waals surface area contributed by atoms with Gasteiger partial charge in [0.15, 0.2) is 0 Å². The van der Waals surface area contributed by atoms with E-state index >= 15 is 0 Å². The van der Waals surface area contributed by atoms with Crippen LogP contribution in [0.15, 0.2) is 42.6 Å². The van der Waals surface area contributed by atoms with E-state index in [4.69, 9.17) is 4.74 Å². The standard InChI is InChI=1S/C20H26N4O3/c1-15-6-3-4-8-18(15)27-14-16(2)22-20(26)24-12-10-23(11-13-24)19(25)17-7-5-9-21-17/h3-9,16,21H,10-14H2,1-2H3,(H,22,26)/t16-/m1/s1. The van der Waals surface area contributed by atoms with Gasteiger partial charge >= 0.3 is 6.03 Å². The number of benzene rings is 1. The first kappa shape index (κ1) is 18.8. The zero-order valence-electron chi connectivity index (χ0n) is 15.8. The van der Waals surface area contributed by atoms with Gasteiger partial charge in [0.2, 0.25) is 0 Å². The number of aromatic amines is 1. The molecule has 0 radical (unpaired) electrons. The van der Waals surface area contributed by atoms with Gasteiger partial charge < -0.3 is 24.8 Å². The van der Waals surface area contributed by atoms with Crippen molar-refractivity contribution < 1.29 is 14.3 Å². The number of carbonyl (C=O) groups excluding carboxylic acids is 2. The summed E-state index contributed by atoms with van der Waals surface area (Å²) < 4.78 is 5.79. The highest BCUT2D eigenvalue weighted by Crippen LogP contribution is 2.16. The van der Waals surface area contributed by atoms with Crippen molar-refractivity contribution in [3.8, 4) is 5.75 Å². The average molecular weight is 370 g/mol. The number of aromatic nitrogens is 1. The normalized spacial score (nSPS) is 15.3. The van der Waals surface area contributed by atoms with E-state index in [9.17, 15) is 9.59 Å². The number of piperazine rings is 1. The predicted octanol–water partition coefficient (Wildman–Crippen LogP) is 2.26. The molecular weight excluding hydrogens is 344 g/mol. The number of hydrogen-bond acceptors (Lipinski definition) is 3. The van der Waals surface area contributed by atoms with Gasteiger partial charge in [-0.3, -0.25) is 4.79 Å². The zero-order chi connectivity index (χ0) is 19.2. The first-order chi connectivity index (χ1) is 13.0. The summed E-state index contributed by atoms with van der Waals surface area (Å²) in [6.45, 7) is 6.40. The van der Waals surface area contributed by atoms with Gasteiger partial charge in [-0.2, -0.15) is 0 Å². The number of hydrogen-bond donors (Lipinski definition) is 2. The number of urea groups is 1. The molecule has 2 N–H and O–H groups in total. The smallest absolute Gasteiger partial charge is 0.317 e. The van der Waals surface area contributed by atoms with Gasteiger partial charge in [-0.15, -0.1) is 0 Å². The third-order valence-corrected chi connectivity index (χ3v) is 4.63. The van der Waals surface area contributed by atoms with E-state index in [0.717, 1.165) is 11.3 Å². The molecule has 1 atom stereocenters. The van der Waals surface area contributed by atoms with Crippen LogP contribution < -0.4 is 10.1 Å². The molecule has 0 bridgehead atoms. The van der Waals surface area contributed by atoms with E-state index in [1.807, 2.05) is 38.1 Å². The van der Waals surface area contributed by atoms with E-state index in [1.165, 1.54) is 0 Å². The van der Waals surface area contributed by atoms with Crippen LogP contribution in [0.25, 0.3) is 0 Å². The average Bonchev–Trinajstić information content (AvgIpc) is 3.21. The lowest BCUT2D eigenvalue weighted by Gasteiger charge is -2.35. The minimum Gasteiger partial charge on any atom is -0.491 e. The third-order valence-electron chi connectivity index (χ3n) is 4.63. The van der Waals surface area contributed by atoms with E-state index < -0.39 is 0 Å². The first-order valence-corrected chi connectivity index (χ1v) is 9.21. The van der Waals surface area contributed by atoms with Crippen molar-refractivity contribution in [2.24, 2.45) is 0 Å². The van der Waals surface area contributed by atoms with Crippen molar-refractivity contribution in [2.45, 2.75) is 19.9 Å². The lowest BCUT2D eigenvalue weighted by Crippen LogP contribution is -2.54. The molecule has 1 aromatic heterocycles. The molecule has 7 heteroatoms. The summed E-state index contributed by atoms with van der Waals surface area (Å²) >= 11 is 0. The molecule has 144 valence electrons. The van der Waals surface area contributed by atoms with Gasteiger partial charge in [0, 0.05) is 32.4 Å². The number of rotatable bonds is 5. The third kappa shape index (κ3) is 4.81. The number of ether oxygens (including phenoxy) is 1. The van der Waals surface area contributed by atoms with Gasteiger partial charge in [-0.25, -0.2) is 4.79 Å². The molecule has 1 aliphatic rings. The van der Waals surface area contributed by atoms with Crippen LogP contribution in [0.3, 0.4) is 0 Å². The Kier molecular flexibility index (Phi) is 6.01. The lowest BCUT2D eigenvalue weighted by atomic mass is 10.2. The van der Waals surface area contributed by atoms with Crippen LogP contribution in [0.4, 0.5) is 4.79 Å². The number of H-pyrrole nitrogens is 1. The maximum atomic E-state index is 12.4. The Hall–Kier alpha value is -2.96. The van der Waals surface area contributed by atoms with Crippen molar-refractivity contribution in [1.82, 2.24) is 20.1 Å². The quantitative estimate of drug-likeness (QED) is 0.847. The van der Waals surface area contributed by atoms with Gasteiger partial charge in [0.1, 0.15) is 18.1 Å². The molecule has 3 rings (SSSR count). The van der Waals surface area contributed by atoms with Gasteiger partial charge in [0.25, 0.3) is 5.91 Å². The predicted molar refractivity (Wildman–Crippen MR) is 103 cm³/mol. The number of amides is 3. The van der Waals surface area contributed by atoms with Crippen molar-refractivity contribution in [3.63, 3.8) is 0 Å². The van der Waals surface area contributed by atoms with Gasteiger partial charge in [-0.1, -0.05) is 18.2 Å². The molecule has 27 heavy (non-hydrogen) atoms. The van der Waals surface area contributed by atoms with E-state index in [0.29, 0.717) is 38.5 Å². The van der Waals surface area contributed by atoms with E-state index in [-0.39, 0.29) is 18.0 Å². The molecule has 0 unspecified atom stereocenters. The SMILES string of the molecule is Cc1ccccc1OC[C@@H](C)NC(=O)N1CCN(C(=O)c2ccc[nH]2)CC1. The number of para-hydroxylation sites is 1. The summed E-state index contributed by atoms with van der Waals surface area (Å²) in [6.07, 6.45) is 1.73. The fraction of sp³-hybridized carbons (Fsp3) is 0.400. The molecule has 3 amide bonds. The molecule has 1 fully saturated rings. The Bertz CT molecular complexity index is 767. The molecule has 1 saturated heterocycles. The number of nitrogens with one attached hydrogen (secondary N) is 2. The first-order valence-electron chi connectivity index (χ1n) is 9.21. The Balaban J connectivity index is 1.42. The summed E-state index contributed by atoms with van der Waals surface area (Å²) in [5.41, 5.74) is 1.65. The Morgan fingerprint density at radius 1 is 1.11 bits per heavy atom. The Morgan fingerprint density at radius 2 is 1.81 bits per heavy atom. The molecule has 1 aliphatic heterocycles. The molecule has 0 saturated carbocycles. The van der Waals surface area contributed by atoms with Crippen LogP contribution in [-0.4, -0.2) is 65.5 Å². The second kappa shape index (κ2) is 8.62. The topological polar surface area (TPSA) is 77.7 Å². The van der Waals surface area contributed by atoms with E-state index in [2.05, 4.69) is 10.3 Å². The Morgan fingerprint density at radius 3 is 2.48 bits per heavy atom. The van der Waals surface area contributed by atoms with Gasteiger partial charge in [-0.05, 0) is 37.6 Å².